The molecule has 0 aromatic carbocycles. The van der Waals surface area contributed by atoms with Crippen LogP contribution < -0.4 is 14.4 Å². The van der Waals surface area contributed by atoms with Crippen LogP contribution in [0.15, 0.2) is 41.6 Å². The lowest BCUT2D eigenvalue weighted by Crippen LogP contribution is -2.68. The van der Waals surface area contributed by atoms with Crippen LogP contribution in [0.5, 0.6) is 11.6 Å². The molecule has 2 aromatic heterocycles. The van der Waals surface area contributed by atoms with Gasteiger partial charge in [0.1, 0.15) is 22.9 Å². The molecule has 0 saturated heterocycles. The molecule has 12 heteroatoms. The van der Waals surface area contributed by atoms with Crippen molar-refractivity contribution in [3.05, 3.63) is 59.5 Å². The van der Waals surface area contributed by atoms with Crippen molar-refractivity contribution < 1.29 is 33.1 Å². The number of anilines is 1. The summed E-state index contributed by atoms with van der Waals surface area (Å²) in [7, 11) is 0.925. The minimum Gasteiger partial charge on any atom is -0.507 e. The van der Waals surface area contributed by atoms with E-state index in [9.17, 15) is 5.11 Å². The van der Waals surface area contributed by atoms with Gasteiger partial charge in [0.25, 0.3) is 5.88 Å². The molecule has 0 radical (unpaired) electrons. The summed E-state index contributed by atoms with van der Waals surface area (Å²) in [5.41, 5.74) is -0.425. The molecule has 5 rings (SSSR count). The lowest BCUT2D eigenvalue weighted by Gasteiger charge is -2.55. The molecular formula is C40H58N4O7Si. The van der Waals surface area contributed by atoms with Gasteiger partial charge in [0.15, 0.2) is 19.7 Å². The van der Waals surface area contributed by atoms with Gasteiger partial charge >= 0.3 is 0 Å². The zero-order chi connectivity index (χ0) is 38.2. The smallest absolute Gasteiger partial charge is 0.265 e. The third kappa shape index (κ3) is 6.66. The van der Waals surface area contributed by atoms with Crippen LogP contribution >= 0.6 is 0 Å². The van der Waals surface area contributed by atoms with E-state index < -0.39 is 43.4 Å². The maximum atomic E-state index is 15.8. The minimum absolute atomic E-state index is 0.0580. The number of hydrogen-bond acceptors (Lipinski definition) is 11. The number of fused-ring (bicyclic) bond motifs is 4. The predicted octanol–water partition coefficient (Wildman–Crippen LogP) is 7.90. The Balaban J connectivity index is 1.83. The first-order chi connectivity index (χ1) is 24.6. The maximum absolute atomic E-state index is 15.8. The number of aliphatic hydroxyl groups excluding tert-OH is 1. The fraction of sp³-hybridized carbons (Fsp3) is 0.600. The predicted molar refractivity (Wildman–Crippen MR) is 206 cm³/mol. The van der Waals surface area contributed by atoms with E-state index in [4.69, 9.17) is 23.4 Å². The second kappa shape index (κ2) is 15.3. The lowest BCUT2D eigenvalue weighted by atomic mass is 9.57. The van der Waals surface area contributed by atoms with Crippen LogP contribution in [0.1, 0.15) is 100 Å². The maximum Gasteiger partial charge on any atom is 0.265 e. The van der Waals surface area contributed by atoms with Crippen LogP contribution in [-0.4, -0.2) is 86.0 Å². The van der Waals surface area contributed by atoms with Gasteiger partial charge in [0.2, 0.25) is 11.6 Å². The number of unbranched alkanes of at least 4 members (excludes halogenated alkanes) is 2. The molecule has 3 aliphatic rings. The van der Waals surface area contributed by atoms with Crippen molar-refractivity contribution in [1.82, 2.24) is 15.0 Å². The van der Waals surface area contributed by atoms with Gasteiger partial charge in [0.05, 0.1) is 31.0 Å². The van der Waals surface area contributed by atoms with Gasteiger partial charge in [-0.2, -0.15) is 0 Å². The van der Waals surface area contributed by atoms with Crippen molar-refractivity contribution in [2.75, 3.05) is 45.3 Å². The van der Waals surface area contributed by atoms with E-state index in [0.29, 0.717) is 62.0 Å². The number of nitrogens with zero attached hydrogens (tertiary/aromatic N) is 4. The fourth-order valence-corrected chi connectivity index (χ4v) is 9.14. The Morgan fingerprint density at radius 2 is 1.67 bits per heavy atom. The van der Waals surface area contributed by atoms with E-state index in [1.54, 1.807) is 18.3 Å². The zero-order valence-corrected chi connectivity index (χ0v) is 33.6. The summed E-state index contributed by atoms with van der Waals surface area (Å²) in [6.07, 6.45) is 9.34. The van der Waals surface area contributed by atoms with Crippen LogP contribution in [-0.2, 0) is 15.6 Å². The molecule has 0 amide bonds. The number of pyridine rings is 1. The Morgan fingerprint density at radius 3 is 2.25 bits per heavy atom. The van der Waals surface area contributed by atoms with Gasteiger partial charge in [0, 0.05) is 44.2 Å². The van der Waals surface area contributed by atoms with Gasteiger partial charge in [-0.3, -0.25) is 14.5 Å². The minimum atomic E-state index is -2.89. The molecular weight excluding hydrogens is 677 g/mol. The van der Waals surface area contributed by atoms with Crippen molar-refractivity contribution in [2.24, 2.45) is 11.8 Å². The van der Waals surface area contributed by atoms with E-state index >= 15 is 9.59 Å². The number of rotatable bonds is 16. The Morgan fingerprint density at radius 1 is 1.04 bits per heavy atom. The highest BCUT2D eigenvalue weighted by Gasteiger charge is 2.69. The highest BCUT2D eigenvalue weighted by Crippen LogP contribution is 2.59. The number of aromatic nitrogens is 2. The number of aliphatic hydroxyl groups is 1. The monoisotopic (exact) mass is 734 g/mol. The van der Waals surface area contributed by atoms with Crippen LogP contribution in [0.3, 0.4) is 0 Å². The molecule has 1 saturated carbocycles. The topological polar surface area (TPSA) is 127 Å². The quantitative estimate of drug-likeness (QED) is 0.0783. The largest absolute Gasteiger partial charge is 0.507 e. The lowest BCUT2D eigenvalue weighted by molar-refractivity contribution is -0.141. The summed E-state index contributed by atoms with van der Waals surface area (Å²) in [6.45, 7) is 24.1. The van der Waals surface area contributed by atoms with Gasteiger partial charge in [-0.05, 0) is 54.9 Å². The molecule has 2 aromatic rings. The molecule has 4 atom stereocenters. The van der Waals surface area contributed by atoms with Crippen molar-refractivity contribution in [2.45, 2.75) is 103 Å². The first-order valence-electron chi connectivity index (χ1n) is 18.7. The number of hydrogen-bond donors (Lipinski definition) is 1. The summed E-state index contributed by atoms with van der Waals surface area (Å²) >= 11 is 0. The highest BCUT2D eigenvalue weighted by atomic mass is 28.4. The average molecular weight is 735 g/mol. The third-order valence-corrected chi connectivity index (χ3v) is 15.7. The van der Waals surface area contributed by atoms with Gasteiger partial charge in [-0.15, -0.1) is 13.2 Å². The number of ether oxygens (including phenoxy) is 2. The van der Waals surface area contributed by atoms with Crippen LogP contribution in [0, 0.1) is 11.8 Å². The second-order valence-electron chi connectivity index (χ2n) is 16.1. The normalized spacial score (nSPS) is 22.8. The van der Waals surface area contributed by atoms with E-state index in [0.717, 1.165) is 31.2 Å². The third-order valence-electron chi connectivity index (χ3n) is 11.3. The van der Waals surface area contributed by atoms with Crippen LogP contribution in [0.2, 0.25) is 18.1 Å². The molecule has 284 valence electrons. The Labute approximate surface area is 310 Å². The molecule has 0 spiro atoms. The first-order valence-corrected chi connectivity index (χ1v) is 21.6. The summed E-state index contributed by atoms with van der Waals surface area (Å²) in [5, 5.41) is 16.3. The molecule has 1 N–H and O–H groups in total. The number of carbonyl (C=O) groups excluding carboxylic acids is 2. The first kappa shape index (κ1) is 39.5. The number of carbonyl (C=O) groups is 2. The van der Waals surface area contributed by atoms with E-state index in [1.807, 2.05) is 32.1 Å². The van der Waals surface area contributed by atoms with Crippen molar-refractivity contribution in [3.8, 4) is 11.6 Å². The Bertz CT molecular complexity index is 1710. The highest BCUT2D eigenvalue weighted by molar-refractivity contribution is 6.74. The summed E-state index contributed by atoms with van der Waals surface area (Å²) < 4.78 is 25.7. The van der Waals surface area contributed by atoms with E-state index in [-0.39, 0.29) is 27.8 Å². The summed E-state index contributed by atoms with van der Waals surface area (Å²) in [5.74, 6) is -0.873. The SMILES string of the molecule is C=CCN(CC=C)[C@@H]1c2onc(OCCCC)c2C(=O)[C@@]2(O[Si](C)(C)C(C)(C)C)C(=O)C3=C(O)c4c(OCCCC)cnc(N(C)C)c4C[C@H]3C[C@@H]12. The van der Waals surface area contributed by atoms with E-state index in [2.05, 4.69) is 57.8 Å². The van der Waals surface area contributed by atoms with Gasteiger partial charge in [-0.25, -0.2) is 4.98 Å². The molecule has 3 aliphatic carbocycles. The molecule has 0 aliphatic heterocycles. The van der Waals surface area contributed by atoms with Crippen molar-refractivity contribution in [3.63, 3.8) is 0 Å². The van der Waals surface area contributed by atoms with Gasteiger partial charge in [-0.1, -0.05) is 59.6 Å². The standard InChI is InChI=1S/C40H58N4O7Si/c1-12-16-20-48-28-24-41-37(43(8)9)26-22-25-23-27-32(44(18-14-3)19-15-4)34-31(38(42-50-34)49-21-17-13-2)36(47)40(27,51-52(10,11)39(5,6)7)35(46)29(25)33(45)30(26)28/h14-15,24-25,27,32,45H,3-4,12-13,16-23H2,1-2,5-11H3/t25-,27-,32-,40-/m0/s1. The number of ketones is 2. The summed E-state index contributed by atoms with van der Waals surface area (Å²) in [4.78, 5) is 40.0. The van der Waals surface area contributed by atoms with Crippen molar-refractivity contribution >= 4 is 31.5 Å². The molecule has 0 bridgehead atoms. The van der Waals surface area contributed by atoms with Crippen LogP contribution in [0.25, 0.3) is 5.76 Å². The Kier molecular flexibility index (Phi) is 11.6. The zero-order valence-electron chi connectivity index (χ0n) is 32.6. The van der Waals surface area contributed by atoms with Crippen molar-refractivity contribution in [1.29, 1.82) is 0 Å². The molecule has 0 unspecified atom stereocenters. The van der Waals surface area contributed by atoms with Gasteiger partial charge < -0.3 is 28.4 Å². The average Bonchev–Trinajstić information content (AvgIpc) is 3.49. The Hall–Kier alpha value is -3.74. The van der Waals surface area contributed by atoms with Crippen LogP contribution in [0.4, 0.5) is 5.82 Å². The molecule has 52 heavy (non-hydrogen) atoms. The molecule has 11 nitrogen and oxygen atoms in total. The second-order valence-corrected chi connectivity index (χ2v) is 20.8. The fourth-order valence-electron chi connectivity index (χ4n) is 7.69. The molecule has 2 heterocycles. The molecule has 1 fully saturated rings. The number of Topliss-reactive ketones (excluding diaryl/α,β-unsaturated/α-hetero) is 2. The van der Waals surface area contributed by atoms with E-state index in [1.165, 1.54) is 0 Å². The summed E-state index contributed by atoms with van der Waals surface area (Å²) in [6, 6.07) is -0.617.